The Kier molecular flexibility index (Phi) is 5.08. The van der Waals surface area contributed by atoms with Crippen LogP contribution in [0.15, 0.2) is 23.1 Å². The summed E-state index contributed by atoms with van der Waals surface area (Å²) >= 11 is 0. The smallest absolute Gasteiger partial charge is 0.335 e. The summed E-state index contributed by atoms with van der Waals surface area (Å²) in [5.41, 5.74) is -0.759. The molecule has 6 nitrogen and oxygen atoms in total. The van der Waals surface area contributed by atoms with E-state index in [9.17, 15) is 17.6 Å². The van der Waals surface area contributed by atoms with Gasteiger partial charge in [-0.05, 0) is 46.1 Å². The van der Waals surface area contributed by atoms with Crippen LogP contribution in [0.1, 0.15) is 24.2 Å². The van der Waals surface area contributed by atoms with Crippen molar-refractivity contribution in [1.29, 1.82) is 0 Å². The summed E-state index contributed by atoms with van der Waals surface area (Å²) in [6.45, 7) is 3.75. The number of nitrogens with one attached hydrogen (secondary N) is 1. The van der Waals surface area contributed by atoms with E-state index < -0.39 is 32.2 Å². The molecule has 0 atom stereocenters. The lowest BCUT2D eigenvalue weighted by atomic mass is 10.1. The highest BCUT2D eigenvalue weighted by molar-refractivity contribution is 7.89. The second-order valence-corrected chi connectivity index (χ2v) is 7.22. The van der Waals surface area contributed by atoms with Gasteiger partial charge in [-0.15, -0.1) is 0 Å². The van der Waals surface area contributed by atoms with Crippen molar-refractivity contribution in [3.63, 3.8) is 0 Å². The van der Waals surface area contributed by atoms with Crippen molar-refractivity contribution in [3.05, 3.63) is 29.6 Å². The zero-order chi connectivity index (χ0) is 16.4. The van der Waals surface area contributed by atoms with Crippen LogP contribution in [-0.4, -0.2) is 50.6 Å². The molecule has 0 aliphatic carbocycles. The average molecular weight is 318 g/mol. The molecule has 1 rings (SSSR count). The van der Waals surface area contributed by atoms with Crippen molar-refractivity contribution in [2.45, 2.75) is 24.3 Å². The van der Waals surface area contributed by atoms with Gasteiger partial charge in [-0.25, -0.2) is 22.3 Å². The Morgan fingerprint density at radius 1 is 1.38 bits per heavy atom. The van der Waals surface area contributed by atoms with Crippen molar-refractivity contribution in [2.75, 3.05) is 20.6 Å². The molecule has 0 aliphatic heterocycles. The van der Waals surface area contributed by atoms with Crippen LogP contribution in [0.5, 0.6) is 0 Å². The summed E-state index contributed by atoms with van der Waals surface area (Å²) in [5, 5.41) is 8.74. The topological polar surface area (TPSA) is 86.7 Å². The summed E-state index contributed by atoms with van der Waals surface area (Å²) in [6.07, 6.45) is 0. The maximum Gasteiger partial charge on any atom is 0.335 e. The lowest BCUT2D eigenvalue weighted by molar-refractivity contribution is 0.0696. The number of carbonyl (C=O) groups is 1. The quantitative estimate of drug-likeness (QED) is 0.821. The van der Waals surface area contributed by atoms with Crippen LogP contribution in [0.25, 0.3) is 0 Å². The molecule has 0 saturated heterocycles. The van der Waals surface area contributed by atoms with Crippen LogP contribution in [0.3, 0.4) is 0 Å². The molecule has 2 N–H and O–H groups in total. The molecule has 1 aromatic carbocycles. The molecule has 21 heavy (non-hydrogen) atoms. The molecule has 0 heterocycles. The van der Waals surface area contributed by atoms with E-state index in [0.717, 1.165) is 12.1 Å². The van der Waals surface area contributed by atoms with Crippen molar-refractivity contribution >= 4 is 16.0 Å². The first-order valence-corrected chi connectivity index (χ1v) is 7.65. The molecule has 1 aromatic rings. The Bertz CT molecular complexity index is 642. The largest absolute Gasteiger partial charge is 0.478 e. The molecule has 0 aromatic heterocycles. The van der Waals surface area contributed by atoms with Gasteiger partial charge in [0.25, 0.3) is 0 Å². The standard InChI is InChI=1S/C13H19FN2O4S/c1-13(2,16(3)4)8-15-21(19,20)11-6-5-9(12(17)18)7-10(11)14/h5-7,15H,8H2,1-4H3,(H,17,18). The van der Waals surface area contributed by atoms with Gasteiger partial charge >= 0.3 is 5.97 Å². The first kappa shape index (κ1) is 17.5. The summed E-state index contributed by atoms with van der Waals surface area (Å²) in [5.74, 6) is -2.41. The minimum atomic E-state index is -4.04. The fourth-order valence-corrected chi connectivity index (χ4v) is 2.62. The summed E-state index contributed by atoms with van der Waals surface area (Å²) in [6, 6.07) is 2.69. The Morgan fingerprint density at radius 3 is 2.38 bits per heavy atom. The second-order valence-electron chi connectivity index (χ2n) is 5.48. The number of rotatable bonds is 6. The fourth-order valence-electron chi connectivity index (χ4n) is 1.36. The number of likely N-dealkylation sites (N-methyl/N-ethyl adjacent to an activating group) is 1. The summed E-state index contributed by atoms with van der Waals surface area (Å²) < 4.78 is 40.3. The van der Waals surface area contributed by atoms with Gasteiger partial charge in [-0.2, -0.15) is 0 Å². The maximum absolute atomic E-state index is 13.8. The SMILES string of the molecule is CN(C)C(C)(C)CNS(=O)(=O)c1ccc(C(=O)O)cc1F. The number of hydrogen-bond donors (Lipinski definition) is 2. The Hall–Kier alpha value is -1.51. The molecular weight excluding hydrogens is 299 g/mol. The highest BCUT2D eigenvalue weighted by atomic mass is 32.2. The second kappa shape index (κ2) is 6.08. The van der Waals surface area contributed by atoms with Crippen LogP contribution in [0.2, 0.25) is 0 Å². The van der Waals surface area contributed by atoms with Crippen molar-refractivity contribution in [3.8, 4) is 0 Å². The molecule has 118 valence electrons. The van der Waals surface area contributed by atoms with Gasteiger partial charge in [0.1, 0.15) is 10.7 Å². The fraction of sp³-hybridized carbons (Fsp3) is 0.462. The zero-order valence-corrected chi connectivity index (χ0v) is 13.2. The lowest BCUT2D eigenvalue weighted by Gasteiger charge is -2.32. The zero-order valence-electron chi connectivity index (χ0n) is 12.3. The van der Waals surface area contributed by atoms with Crippen LogP contribution < -0.4 is 4.72 Å². The average Bonchev–Trinajstić information content (AvgIpc) is 2.36. The number of sulfonamides is 1. The molecule has 0 radical (unpaired) electrons. The minimum Gasteiger partial charge on any atom is -0.478 e. The van der Waals surface area contributed by atoms with E-state index in [0.29, 0.717) is 6.07 Å². The maximum atomic E-state index is 13.8. The molecule has 0 bridgehead atoms. The van der Waals surface area contributed by atoms with Gasteiger partial charge in [-0.1, -0.05) is 0 Å². The Balaban J connectivity index is 3.02. The first-order valence-electron chi connectivity index (χ1n) is 6.17. The van der Waals surface area contributed by atoms with E-state index in [2.05, 4.69) is 4.72 Å². The normalized spacial score (nSPS) is 12.7. The summed E-state index contributed by atoms with van der Waals surface area (Å²) in [4.78, 5) is 12.0. The highest BCUT2D eigenvalue weighted by Gasteiger charge is 2.26. The van der Waals surface area contributed by atoms with Crippen LogP contribution >= 0.6 is 0 Å². The van der Waals surface area contributed by atoms with Gasteiger partial charge < -0.3 is 10.0 Å². The van der Waals surface area contributed by atoms with E-state index in [-0.39, 0.29) is 12.1 Å². The molecule has 0 saturated carbocycles. The molecule has 0 spiro atoms. The molecule has 0 aliphatic rings. The predicted octanol–water partition coefficient (Wildman–Crippen LogP) is 1.14. The van der Waals surface area contributed by atoms with Gasteiger partial charge in [0.15, 0.2) is 0 Å². The van der Waals surface area contributed by atoms with E-state index in [1.54, 1.807) is 14.1 Å². The molecule has 8 heteroatoms. The highest BCUT2D eigenvalue weighted by Crippen LogP contribution is 2.17. The number of halogens is 1. The van der Waals surface area contributed by atoms with E-state index in [1.165, 1.54) is 0 Å². The molecule has 0 fully saturated rings. The number of benzene rings is 1. The van der Waals surface area contributed by atoms with Gasteiger partial charge in [0.05, 0.1) is 5.56 Å². The van der Waals surface area contributed by atoms with Crippen molar-refractivity contribution in [1.82, 2.24) is 9.62 Å². The van der Waals surface area contributed by atoms with E-state index >= 15 is 0 Å². The van der Waals surface area contributed by atoms with Gasteiger partial charge in [0.2, 0.25) is 10.0 Å². The third kappa shape index (κ3) is 4.23. The van der Waals surface area contributed by atoms with Crippen LogP contribution in [-0.2, 0) is 10.0 Å². The van der Waals surface area contributed by atoms with Crippen molar-refractivity contribution in [2.24, 2.45) is 0 Å². The lowest BCUT2D eigenvalue weighted by Crippen LogP contribution is -2.48. The third-order valence-electron chi connectivity index (χ3n) is 3.37. The Labute approximate surface area is 123 Å². The number of nitrogens with zero attached hydrogens (tertiary/aromatic N) is 1. The Morgan fingerprint density at radius 2 is 1.95 bits per heavy atom. The number of carboxylic acids is 1. The van der Waals surface area contributed by atoms with E-state index in [1.807, 2.05) is 18.7 Å². The predicted molar refractivity (Wildman–Crippen MR) is 76.3 cm³/mol. The van der Waals surface area contributed by atoms with Crippen LogP contribution in [0, 0.1) is 5.82 Å². The first-order chi connectivity index (χ1) is 9.47. The van der Waals surface area contributed by atoms with Crippen LogP contribution in [0.4, 0.5) is 4.39 Å². The number of carboxylic acid groups (broad SMARTS) is 1. The van der Waals surface area contributed by atoms with Gasteiger partial charge in [-0.3, -0.25) is 0 Å². The van der Waals surface area contributed by atoms with Gasteiger partial charge in [0, 0.05) is 12.1 Å². The molecule has 0 unspecified atom stereocenters. The minimum absolute atomic E-state index is 0.0858. The van der Waals surface area contributed by atoms with Crippen molar-refractivity contribution < 1.29 is 22.7 Å². The molecular formula is C13H19FN2O4S. The monoisotopic (exact) mass is 318 g/mol. The molecule has 0 amide bonds. The summed E-state index contributed by atoms with van der Waals surface area (Å²) in [7, 11) is -0.440. The number of aromatic carboxylic acids is 1. The number of hydrogen-bond acceptors (Lipinski definition) is 4. The van der Waals surface area contributed by atoms with E-state index in [4.69, 9.17) is 5.11 Å². The third-order valence-corrected chi connectivity index (χ3v) is 4.81.